The molecule has 3 N–H and O–H groups in total. The van der Waals surface area contributed by atoms with Crippen LogP contribution in [0.4, 0.5) is 9.52 Å². The molecule has 9 heteroatoms. The van der Waals surface area contributed by atoms with Crippen LogP contribution in [-0.4, -0.2) is 25.2 Å². The van der Waals surface area contributed by atoms with Gasteiger partial charge in [0, 0.05) is 10.9 Å². The molecule has 0 aliphatic heterocycles. The Bertz CT molecular complexity index is 929. The summed E-state index contributed by atoms with van der Waals surface area (Å²) in [5.41, 5.74) is 1.76. The summed E-state index contributed by atoms with van der Waals surface area (Å²) in [7, 11) is 3.17. The minimum absolute atomic E-state index is 0. The summed E-state index contributed by atoms with van der Waals surface area (Å²) in [6.45, 7) is 0.338. The highest BCUT2D eigenvalue weighted by atomic mass is 79.9. The molecule has 0 bridgehead atoms. The molecule has 1 heterocycles. The van der Waals surface area contributed by atoms with Gasteiger partial charge in [-0.3, -0.25) is 5.41 Å². The molecule has 3 aromatic rings. The Balaban J connectivity index is 0.00000280. The van der Waals surface area contributed by atoms with Gasteiger partial charge in [0.05, 0.1) is 32.0 Å². The molecule has 0 saturated carbocycles. The van der Waals surface area contributed by atoms with E-state index in [0.717, 1.165) is 5.56 Å². The average Bonchev–Trinajstić information content (AvgIpc) is 3.14. The standard InChI is InChI=1S/C19H19FN4O2S.BrH/c1-25-16-8-5-9-17(26-2)13(16)10-22-18(21)24-19-23-15(11-27-19)12-6-3-4-7-14(12)20;/h3-9,11H,10H2,1-2H3,(H3,21,22,23,24);1H. The number of rotatable bonds is 6. The number of hydrogen-bond donors (Lipinski definition) is 3. The maximum atomic E-state index is 13.9. The van der Waals surface area contributed by atoms with Gasteiger partial charge in [0.15, 0.2) is 11.1 Å². The average molecular weight is 467 g/mol. The second-order valence-corrected chi connectivity index (χ2v) is 6.37. The molecule has 0 atom stereocenters. The van der Waals surface area contributed by atoms with Crippen molar-refractivity contribution in [2.45, 2.75) is 6.54 Å². The van der Waals surface area contributed by atoms with E-state index in [1.54, 1.807) is 37.8 Å². The molecular weight excluding hydrogens is 447 g/mol. The molecule has 0 radical (unpaired) electrons. The highest BCUT2D eigenvalue weighted by Gasteiger charge is 2.12. The van der Waals surface area contributed by atoms with Gasteiger partial charge in [-0.05, 0) is 24.3 Å². The van der Waals surface area contributed by atoms with Gasteiger partial charge in [0.1, 0.15) is 17.3 Å². The first-order valence-electron chi connectivity index (χ1n) is 8.12. The van der Waals surface area contributed by atoms with Crippen LogP contribution in [0.1, 0.15) is 5.56 Å². The molecule has 28 heavy (non-hydrogen) atoms. The van der Waals surface area contributed by atoms with Gasteiger partial charge >= 0.3 is 0 Å². The second-order valence-electron chi connectivity index (χ2n) is 5.51. The monoisotopic (exact) mass is 466 g/mol. The maximum absolute atomic E-state index is 13.9. The lowest BCUT2D eigenvalue weighted by atomic mass is 10.1. The Morgan fingerprint density at radius 3 is 2.43 bits per heavy atom. The quantitative estimate of drug-likeness (QED) is 0.363. The first-order valence-corrected chi connectivity index (χ1v) is 9.00. The second kappa shape index (κ2) is 10.0. The molecule has 0 saturated heterocycles. The first kappa shape index (κ1) is 21.6. The van der Waals surface area contributed by atoms with Crippen LogP contribution in [-0.2, 0) is 6.54 Å². The third kappa shape index (κ3) is 4.99. The molecule has 2 aromatic carbocycles. The Kier molecular flexibility index (Phi) is 7.77. The summed E-state index contributed by atoms with van der Waals surface area (Å²) in [5.74, 6) is 1.08. The fourth-order valence-corrected chi connectivity index (χ4v) is 3.27. The normalized spacial score (nSPS) is 9.96. The van der Waals surface area contributed by atoms with Crippen molar-refractivity contribution in [2.75, 3.05) is 19.5 Å². The lowest BCUT2D eigenvalue weighted by molar-refractivity contribution is 0.384. The Hall–Kier alpha value is -2.65. The molecule has 6 nitrogen and oxygen atoms in total. The third-order valence-electron chi connectivity index (χ3n) is 3.86. The van der Waals surface area contributed by atoms with Crippen LogP contribution >= 0.6 is 28.3 Å². The number of anilines is 1. The molecular formula is C19H20BrFN4O2S. The minimum Gasteiger partial charge on any atom is -0.496 e. The van der Waals surface area contributed by atoms with E-state index in [1.807, 2.05) is 18.2 Å². The van der Waals surface area contributed by atoms with Crippen LogP contribution in [0.5, 0.6) is 11.5 Å². The molecule has 0 unspecified atom stereocenters. The lowest BCUT2D eigenvalue weighted by Gasteiger charge is -2.14. The van der Waals surface area contributed by atoms with Crippen molar-refractivity contribution in [3.63, 3.8) is 0 Å². The number of halogens is 2. The van der Waals surface area contributed by atoms with E-state index in [1.165, 1.54) is 17.4 Å². The number of methoxy groups -OCH3 is 2. The van der Waals surface area contributed by atoms with Crippen molar-refractivity contribution >= 4 is 39.4 Å². The van der Waals surface area contributed by atoms with Crippen molar-refractivity contribution in [1.29, 1.82) is 5.41 Å². The van der Waals surface area contributed by atoms with Crippen molar-refractivity contribution < 1.29 is 13.9 Å². The molecule has 0 aliphatic rings. The molecule has 0 aliphatic carbocycles. The van der Waals surface area contributed by atoms with E-state index in [9.17, 15) is 4.39 Å². The van der Waals surface area contributed by atoms with Crippen LogP contribution in [0.3, 0.4) is 0 Å². The van der Waals surface area contributed by atoms with Crippen LogP contribution in [0.2, 0.25) is 0 Å². The maximum Gasteiger partial charge on any atom is 0.195 e. The van der Waals surface area contributed by atoms with Crippen LogP contribution in [0.25, 0.3) is 11.3 Å². The third-order valence-corrected chi connectivity index (χ3v) is 4.62. The van der Waals surface area contributed by atoms with Crippen LogP contribution in [0.15, 0.2) is 47.8 Å². The van der Waals surface area contributed by atoms with Crippen molar-refractivity contribution in [2.24, 2.45) is 0 Å². The van der Waals surface area contributed by atoms with E-state index in [0.29, 0.717) is 34.4 Å². The molecule has 0 fully saturated rings. The molecule has 1 aromatic heterocycles. The van der Waals surface area contributed by atoms with Gasteiger partial charge in [0.25, 0.3) is 0 Å². The Morgan fingerprint density at radius 2 is 1.79 bits per heavy atom. The number of aromatic nitrogens is 1. The summed E-state index contributed by atoms with van der Waals surface area (Å²) in [4.78, 5) is 4.34. The fourth-order valence-electron chi connectivity index (χ4n) is 2.55. The highest BCUT2D eigenvalue weighted by molar-refractivity contribution is 8.93. The number of nitrogens with one attached hydrogen (secondary N) is 3. The highest BCUT2D eigenvalue weighted by Crippen LogP contribution is 2.28. The Morgan fingerprint density at radius 1 is 1.11 bits per heavy atom. The molecule has 0 amide bonds. The molecule has 3 rings (SSSR count). The lowest BCUT2D eigenvalue weighted by Crippen LogP contribution is -2.29. The Labute approximate surface area is 177 Å². The zero-order valence-electron chi connectivity index (χ0n) is 15.3. The minimum atomic E-state index is -0.328. The van der Waals surface area contributed by atoms with Crippen molar-refractivity contribution in [3.05, 3.63) is 59.2 Å². The summed E-state index contributed by atoms with van der Waals surface area (Å²) in [5, 5.41) is 16.2. The van der Waals surface area contributed by atoms with E-state index >= 15 is 0 Å². The number of benzene rings is 2. The zero-order valence-corrected chi connectivity index (χ0v) is 17.8. The molecule has 148 valence electrons. The summed E-state index contributed by atoms with van der Waals surface area (Å²) >= 11 is 1.30. The van der Waals surface area contributed by atoms with Gasteiger partial charge in [0.2, 0.25) is 0 Å². The molecule has 0 spiro atoms. The smallest absolute Gasteiger partial charge is 0.195 e. The van der Waals surface area contributed by atoms with Gasteiger partial charge in [-0.25, -0.2) is 9.37 Å². The summed E-state index contributed by atoms with van der Waals surface area (Å²) in [6.07, 6.45) is 0. The van der Waals surface area contributed by atoms with Crippen LogP contribution < -0.4 is 20.1 Å². The van der Waals surface area contributed by atoms with E-state index in [2.05, 4.69) is 15.6 Å². The number of hydrogen-bond acceptors (Lipinski definition) is 5. The van der Waals surface area contributed by atoms with E-state index in [4.69, 9.17) is 14.9 Å². The number of thiazole rings is 1. The summed E-state index contributed by atoms with van der Waals surface area (Å²) < 4.78 is 24.6. The predicted octanol–water partition coefficient (Wildman–Crippen LogP) is 4.68. The largest absolute Gasteiger partial charge is 0.496 e. The SMILES string of the molecule is Br.COc1cccc(OC)c1CNC(=N)Nc1nc(-c2ccccc2F)cs1. The number of guanidine groups is 1. The van der Waals surface area contributed by atoms with Crippen molar-refractivity contribution in [3.8, 4) is 22.8 Å². The van der Waals surface area contributed by atoms with E-state index < -0.39 is 0 Å². The topological polar surface area (TPSA) is 79.3 Å². The van der Waals surface area contributed by atoms with Gasteiger partial charge in [-0.1, -0.05) is 18.2 Å². The van der Waals surface area contributed by atoms with Gasteiger partial charge in [-0.15, -0.1) is 28.3 Å². The summed E-state index contributed by atoms with van der Waals surface area (Å²) in [6, 6.07) is 12.0. The zero-order chi connectivity index (χ0) is 19.2. The van der Waals surface area contributed by atoms with Gasteiger partial charge < -0.3 is 20.1 Å². The first-order chi connectivity index (χ1) is 13.1. The number of nitrogens with zero attached hydrogens (tertiary/aromatic N) is 1. The van der Waals surface area contributed by atoms with Crippen molar-refractivity contribution in [1.82, 2.24) is 10.3 Å². The predicted molar refractivity (Wildman–Crippen MR) is 116 cm³/mol. The van der Waals surface area contributed by atoms with Gasteiger partial charge in [-0.2, -0.15) is 0 Å². The van der Waals surface area contributed by atoms with E-state index in [-0.39, 0.29) is 28.8 Å². The fraction of sp³-hybridized carbons (Fsp3) is 0.158. The van der Waals surface area contributed by atoms with Crippen LogP contribution in [0, 0.1) is 11.2 Å². The number of ether oxygens (including phenoxy) is 2.